The molecule has 0 heterocycles. The van der Waals surface area contributed by atoms with Crippen LogP contribution in [0.5, 0.6) is 5.75 Å². The molecule has 9 heteroatoms. The van der Waals surface area contributed by atoms with Gasteiger partial charge in [0.1, 0.15) is 23.4 Å². The normalized spacial score (nSPS) is 12.6. The molecule has 248 valence electrons. The molecule has 3 N–H and O–H groups in total. The molecule has 0 aliphatic rings. The molecule has 3 aromatic rings. The van der Waals surface area contributed by atoms with E-state index in [9.17, 15) is 19.5 Å². The zero-order valence-electron chi connectivity index (χ0n) is 27.9. The maximum absolute atomic E-state index is 14.8. The number of hydrogen-bond donors (Lipinski definition) is 3. The van der Waals surface area contributed by atoms with Crippen LogP contribution in [0.3, 0.4) is 0 Å². The lowest BCUT2D eigenvalue weighted by Crippen LogP contribution is -2.53. The second-order valence-corrected chi connectivity index (χ2v) is 13.1. The number of phenolic OH excluding ortho intramolecular Hbond substituents is 1. The summed E-state index contributed by atoms with van der Waals surface area (Å²) in [6.45, 7) is 11.5. The number of para-hydroxylation sites is 1. The lowest BCUT2D eigenvalue weighted by Gasteiger charge is -2.35. The standard InChI is InChI=1S/C37H48ClN3O5/c1-7-8-9-10-13-23-41(35(44)31(39-36(45)46-37(4,5)6)24-27-19-21-28(42)22-20-27)33(29-17-12-11-15-25(29)2)34(43)40-32-26(3)16-14-18-30(32)38/h11-12,14-22,31,33,42H,7-10,13,23-24H2,1-6H3,(H,39,45)(H,40,43). The SMILES string of the molecule is CCCCCCCN(C(=O)C(Cc1ccc(O)cc1)NC(=O)OC(C)(C)C)C(C(=O)Nc1c(C)cccc1Cl)c1ccccc1C. The van der Waals surface area contributed by atoms with E-state index in [1.165, 1.54) is 12.1 Å². The number of rotatable bonds is 14. The van der Waals surface area contributed by atoms with E-state index in [1.807, 2.05) is 50.2 Å². The number of carbonyl (C=O) groups excluding carboxylic acids is 3. The maximum atomic E-state index is 14.8. The molecule has 0 spiro atoms. The minimum atomic E-state index is -1.06. The van der Waals surface area contributed by atoms with E-state index in [-0.39, 0.29) is 12.2 Å². The summed E-state index contributed by atoms with van der Waals surface area (Å²) in [7, 11) is 0. The average molecular weight is 650 g/mol. The van der Waals surface area contributed by atoms with Gasteiger partial charge in [0.05, 0.1) is 10.7 Å². The molecule has 8 nitrogen and oxygen atoms in total. The number of anilines is 1. The average Bonchev–Trinajstić information content (AvgIpc) is 2.98. The number of amides is 3. The summed E-state index contributed by atoms with van der Waals surface area (Å²) in [6, 6.07) is 17.3. The van der Waals surface area contributed by atoms with Gasteiger partial charge in [0, 0.05) is 13.0 Å². The number of halogens is 1. The first-order valence-electron chi connectivity index (χ1n) is 16.0. The van der Waals surface area contributed by atoms with Crippen LogP contribution >= 0.6 is 11.6 Å². The molecule has 0 aromatic heterocycles. The molecule has 46 heavy (non-hydrogen) atoms. The zero-order chi connectivity index (χ0) is 33.9. The Bertz CT molecular complexity index is 1450. The Kier molecular flexibility index (Phi) is 13.5. The van der Waals surface area contributed by atoms with Crippen LogP contribution < -0.4 is 10.6 Å². The van der Waals surface area contributed by atoms with Gasteiger partial charge in [-0.1, -0.05) is 92.7 Å². The monoisotopic (exact) mass is 649 g/mol. The number of ether oxygens (including phenoxy) is 1. The van der Waals surface area contributed by atoms with Crippen molar-refractivity contribution in [1.29, 1.82) is 0 Å². The fourth-order valence-corrected chi connectivity index (χ4v) is 5.57. The Morgan fingerprint density at radius 2 is 1.54 bits per heavy atom. The molecule has 0 aliphatic heterocycles. The van der Waals surface area contributed by atoms with Gasteiger partial charge in [-0.3, -0.25) is 9.59 Å². The number of aromatic hydroxyl groups is 1. The van der Waals surface area contributed by atoms with Crippen molar-refractivity contribution < 1.29 is 24.2 Å². The first-order valence-corrected chi connectivity index (χ1v) is 16.4. The molecule has 3 amide bonds. The number of aryl methyl sites for hydroxylation is 2. The Hall–Kier alpha value is -4.04. The Labute approximate surface area is 278 Å². The summed E-state index contributed by atoms with van der Waals surface area (Å²) in [5.41, 5.74) is 2.73. The number of phenols is 1. The second kappa shape index (κ2) is 17.0. The van der Waals surface area contributed by atoms with Crippen molar-refractivity contribution >= 4 is 35.2 Å². The second-order valence-electron chi connectivity index (χ2n) is 12.7. The molecular weight excluding hydrogens is 602 g/mol. The molecule has 0 aliphatic carbocycles. The molecule has 3 aromatic carbocycles. The lowest BCUT2D eigenvalue weighted by atomic mass is 9.96. The highest BCUT2D eigenvalue weighted by atomic mass is 35.5. The lowest BCUT2D eigenvalue weighted by molar-refractivity contribution is -0.140. The van der Waals surface area contributed by atoms with Gasteiger partial charge in [-0.05, 0) is 81.5 Å². The minimum absolute atomic E-state index is 0.0894. The summed E-state index contributed by atoms with van der Waals surface area (Å²) >= 11 is 6.52. The van der Waals surface area contributed by atoms with Crippen LogP contribution in [-0.4, -0.2) is 46.1 Å². The van der Waals surface area contributed by atoms with Gasteiger partial charge in [-0.25, -0.2) is 4.79 Å². The minimum Gasteiger partial charge on any atom is -0.508 e. The molecule has 2 unspecified atom stereocenters. The van der Waals surface area contributed by atoms with E-state index in [0.29, 0.717) is 29.2 Å². The van der Waals surface area contributed by atoms with Crippen LogP contribution in [0.1, 0.15) is 88.1 Å². The third-order valence-corrected chi connectivity index (χ3v) is 7.98. The quantitative estimate of drug-likeness (QED) is 0.152. The van der Waals surface area contributed by atoms with Crippen LogP contribution in [0.4, 0.5) is 10.5 Å². The number of unbranched alkanes of at least 4 members (excludes halogenated alkanes) is 4. The van der Waals surface area contributed by atoms with Gasteiger partial charge in [0.2, 0.25) is 5.91 Å². The first kappa shape index (κ1) is 36.4. The van der Waals surface area contributed by atoms with Crippen LogP contribution in [0.15, 0.2) is 66.7 Å². The summed E-state index contributed by atoms with van der Waals surface area (Å²) in [6.07, 6.45) is 4.09. The van der Waals surface area contributed by atoms with Crippen molar-refractivity contribution in [3.8, 4) is 5.75 Å². The van der Waals surface area contributed by atoms with E-state index in [1.54, 1.807) is 43.9 Å². The van der Waals surface area contributed by atoms with E-state index >= 15 is 0 Å². The van der Waals surface area contributed by atoms with Crippen molar-refractivity contribution in [1.82, 2.24) is 10.2 Å². The van der Waals surface area contributed by atoms with Gasteiger partial charge < -0.3 is 25.4 Å². The number of nitrogens with zero attached hydrogens (tertiary/aromatic N) is 1. The molecule has 3 rings (SSSR count). The number of carbonyl (C=O) groups is 3. The van der Waals surface area contributed by atoms with Crippen LogP contribution in [-0.2, 0) is 20.7 Å². The number of nitrogens with one attached hydrogen (secondary N) is 2. The fraction of sp³-hybridized carbons (Fsp3) is 0.432. The molecular formula is C37H48ClN3O5. The van der Waals surface area contributed by atoms with E-state index in [4.69, 9.17) is 16.3 Å². The Morgan fingerprint density at radius 1 is 0.891 bits per heavy atom. The summed E-state index contributed by atoms with van der Waals surface area (Å²) in [4.78, 5) is 43.8. The third-order valence-electron chi connectivity index (χ3n) is 7.66. The Balaban J connectivity index is 2.10. The zero-order valence-corrected chi connectivity index (χ0v) is 28.6. The van der Waals surface area contributed by atoms with Gasteiger partial charge in [0.15, 0.2) is 0 Å². The molecule has 2 atom stereocenters. The van der Waals surface area contributed by atoms with E-state index in [0.717, 1.165) is 42.4 Å². The highest BCUT2D eigenvalue weighted by Crippen LogP contribution is 2.31. The van der Waals surface area contributed by atoms with Crippen molar-refractivity contribution in [2.24, 2.45) is 0 Å². The van der Waals surface area contributed by atoms with Crippen LogP contribution in [0.25, 0.3) is 0 Å². The van der Waals surface area contributed by atoms with Crippen LogP contribution in [0, 0.1) is 13.8 Å². The first-order chi connectivity index (χ1) is 21.8. The predicted octanol–water partition coefficient (Wildman–Crippen LogP) is 8.28. The number of hydrogen-bond acceptors (Lipinski definition) is 5. The summed E-state index contributed by atoms with van der Waals surface area (Å²) in [5.74, 6) is -0.742. The highest BCUT2D eigenvalue weighted by molar-refractivity contribution is 6.34. The summed E-state index contributed by atoms with van der Waals surface area (Å²) in [5, 5.41) is 16.0. The topological polar surface area (TPSA) is 108 Å². The third kappa shape index (κ3) is 10.8. The number of benzene rings is 3. The van der Waals surface area contributed by atoms with Gasteiger partial charge in [0.25, 0.3) is 5.91 Å². The van der Waals surface area contributed by atoms with Crippen molar-refractivity contribution in [2.75, 3.05) is 11.9 Å². The summed E-state index contributed by atoms with van der Waals surface area (Å²) < 4.78 is 5.54. The fourth-order valence-electron chi connectivity index (χ4n) is 5.30. The molecule has 0 bridgehead atoms. The van der Waals surface area contributed by atoms with E-state index in [2.05, 4.69) is 17.6 Å². The highest BCUT2D eigenvalue weighted by Gasteiger charge is 2.37. The number of alkyl carbamates (subject to hydrolysis) is 1. The van der Waals surface area contributed by atoms with E-state index < -0.39 is 35.6 Å². The molecule has 0 saturated heterocycles. The van der Waals surface area contributed by atoms with Gasteiger partial charge in [-0.15, -0.1) is 0 Å². The van der Waals surface area contributed by atoms with Crippen molar-refractivity contribution in [3.63, 3.8) is 0 Å². The van der Waals surface area contributed by atoms with Gasteiger partial charge >= 0.3 is 6.09 Å². The maximum Gasteiger partial charge on any atom is 0.408 e. The molecule has 0 saturated carbocycles. The molecule has 0 fully saturated rings. The Morgan fingerprint density at radius 3 is 2.17 bits per heavy atom. The predicted molar refractivity (Wildman–Crippen MR) is 184 cm³/mol. The molecule has 0 radical (unpaired) electrons. The smallest absolute Gasteiger partial charge is 0.408 e. The van der Waals surface area contributed by atoms with Gasteiger partial charge in [-0.2, -0.15) is 0 Å². The van der Waals surface area contributed by atoms with Crippen molar-refractivity contribution in [2.45, 2.75) is 97.8 Å². The van der Waals surface area contributed by atoms with Crippen LogP contribution in [0.2, 0.25) is 5.02 Å². The van der Waals surface area contributed by atoms with Crippen molar-refractivity contribution in [3.05, 3.63) is 94.0 Å². The largest absolute Gasteiger partial charge is 0.508 e.